The first-order chi connectivity index (χ1) is 21.3. The third kappa shape index (κ3) is 6.61. The van der Waals surface area contributed by atoms with Crippen LogP contribution in [-0.4, -0.2) is 83.3 Å². The number of hydrogen-bond donors (Lipinski definition) is 3. The Balaban J connectivity index is 1.09. The highest BCUT2D eigenvalue weighted by molar-refractivity contribution is 5.25. The zero-order chi connectivity index (χ0) is 32.1. The van der Waals surface area contributed by atoms with Crippen LogP contribution in [0, 0.1) is 46.3 Å². The van der Waals surface area contributed by atoms with Crippen molar-refractivity contribution in [3.05, 3.63) is 11.6 Å². The first kappa shape index (κ1) is 34.4. The Kier molecular flexibility index (Phi) is 10.3. The SMILES string of the molecule is CC(C)CCC[C@@H](C)[C@H]1CC[C@H]2[C@@H]3CC=C4C[C@@H](O[C@@H]5O[C@H](C[N+]6(C)CCCCC6)[C@@H](O)[C@H](O)[C@H]5O)CC[C@]4(C)[C@H]3CC[C@]12C. The standard InChI is InChI=1S/C39H68NO5/c1-25(2)11-10-12-26(3)30-15-16-31-29-14-13-27-23-28(17-19-38(27,4)32(29)18-20-39(30,31)5)44-37-36(43)35(42)34(41)33(45-37)24-40(6)21-8-7-9-22-40/h13,25-26,28-37,41-43H,7-12,14-24H2,1-6H3/q+1/t26-,28+,29+,30-,31+,32+,33-,34-,35+,36-,37-,38+,39-/m1/s1. The van der Waals surface area contributed by atoms with E-state index in [0.717, 1.165) is 72.3 Å². The van der Waals surface area contributed by atoms with Crippen molar-refractivity contribution < 1.29 is 29.3 Å². The van der Waals surface area contributed by atoms with Gasteiger partial charge in [0.2, 0.25) is 0 Å². The number of ether oxygens (including phenoxy) is 2. The molecule has 13 atom stereocenters. The van der Waals surface area contributed by atoms with Crippen molar-refractivity contribution in [1.82, 2.24) is 0 Å². The van der Waals surface area contributed by atoms with E-state index in [9.17, 15) is 15.3 Å². The molecule has 0 unspecified atom stereocenters. The van der Waals surface area contributed by atoms with Crippen molar-refractivity contribution in [1.29, 1.82) is 0 Å². The summed E-state index contributed by atoms with van der Waals surface area (Å²) in [6, 6.07) is 0. The second kappa shape index (κ2) is 13.4. The normalized spacial score (nSPS) is 47.0. The molecule has 45 heavy (non-hydrogen) atoms. The minimum atomic E-state index is -1.25. The molecule has 6 aliphatic rings. The van der Waals surface area contributed by atoms with E-state index in [2.05, 4.69) is 47.7 Å². The third-order valence-corrected chi connectivity index (χ3v) is 14.8. The van der Waals surface area contributed by atoms with Gasteiger partial charge in [-0.25, -0.2) is 0 Å². The molecule has 3 saturated carbocycles. The van der Waals surface area contributed by atoms with Crippen LogP contribution in [0.25, 0.3) is 0 Å². The second-order valence-electron chi connectivity index (χ2n) is 18.1. The van der Waals surface area contributed by atoms with Crippen LogP contribution in [0.3, 0.4) is 0 Å². The van der Waals surface area contributed by atoms with Gasteiger partial charge >= 0.3 is 0 Å². The molecule has 0 radical (unpaired) electrons. The summed E-state index contributed by atoms with van der Waals surface area (Å²) >= 11 is 0. The Hall–Kier alpha value is -0.500. The van der Waals surface area contributed by atoms with Crippen LogP contribution in [0.1, 0.15) is 125 Å². The van der Waals surface area contributed by atoms with E-state index in [4.69, 9.17) is 9.47 Å². The van der Waals surface area contributed by atoms with Crippen molar-refractivity contribution in [2.24, 2.45) is 46.3 Å². The lowest BCUT2D eigenvalue weighted by molar-refractivity contribution is -0.917. The van der Waals surface area contributed by atoms with Crippen LogP contribution < -0.4 is 0 Å². The summed E-state index contributed by atoms with van der Waals surface area (Å²) in [5, 5.41) is 32.6. The molecule has 6 rings (SSSR count). The van der Waals surface area contributed by atoms with E-state index in [1.165, 1.54) is 70.6 Å². The first-order valence-electron chi connectivity index (χ1n) is 19.2. The molecule has 5 fully saturated rings. The Labute approximate surface area is 274 Å². The fraction of sp³-hybridized carbons (Fsp3) is 0.949. The number of piperidine rings is 1. The van der Waals surface area contributed by atoms with E-state index < -0.39 is 30.7 Å². The predicted octanol–water partition coefficient (Wildman–Crippen LogP) is 6.85. The third-order valence-electron chi connectivity index (χ3n) is 14.8. The van der Waals surface area contributed by atoms with Crippen molar-refractivity contribution >= 4 is 0 Å². The average molecular weight is 631 g/mol. The summed E-state index contributed by atoms with van der Waals surface area (Å²) in [4.78, 5) is 0. The van der Waals surface area contributed by atoms with Gasteiger partial charge in [-0.1, -0.05) is 65.5 Å². The Bertz CT molecular complexity index is 1040. The monoisotopic (exact) mass is 631 g/mol. The maximum absolute atomic E-state index is 10.9. The lowest BCUT2D eigenvalue weighted by Crippen LogP contribution is -2.64. The van der Waals surface area contributed by atoms with Crippen molar-refractivity contribution in [3.8, 4) is 0 Å². The maximum atomic E-state index is 10.9. The zero-order valence-electron chi connectivity index (χ0n) is 29.6. The van der Waals surface area contributed by atoms with Gasteiger partial charge in [0.15, 0.2) is 6.29 Å². The van der Waals surface area contributed by atoms with Crippen LogP contribution in [0.4, 0.5) is 0 Å². The van der Waals surface area contributed by atoms with Crippen molar-refractivity contribution in [3.63, 3.8) is 0 Å². The molecule has 0 aromatic carbocycles. The fourth-order valence-corrected chi connectivity index (χ4v) is 12.0. The number of aliphatic hydroxyl groups excluding tert-OH is 3. The highest BCUT2D eigenvalue weighted by atomic mass is 16.7. The van der Waals surface area contributed by atoms with E-state index >= 15 is 0 Å². The molecule has 4 aliphatic carbocycles. The van der Waals surface area contributed by atoms with E-state index in [1.807, 2.05) is 0 Å². The molecule has 0 spiro atoms. The van der Waals surface area contributed by atoms with Gasteiger partial charge in [0, 0.05) is 0 Å². The number of fused-ring (bicyclic) bond motifs is 5. The van der Waals surface area contributed by atoms with E-state index in [0.29, 0.717) is 12.0 Å². The van der Waals surface area contributed by atoms with Gasteiger partial charge < -0.3 is 29.3 Å². The van der Waals surface area contributed by atoms with Crippen molar-refractivity contribution in [2.45, 2.75) is 161 Å². The van der Waals surface area contributed by atoms with Gasteiger partial charge in [-0.3, -0.25) is 0 Å². The van der Waals surface area contributed by atoms with Gasteiger partial charge in [0.1, 0.15) is 31.0 Å². The molecule has 0 amide bonds. The van der Waals surface area contributed by atoms with Crippen LogP contribution in [-0.2, 0) is 9.47 Å². The quantitative estimate of drug-likeness (QED) is 0.192. The Morgan fingerprint density at radius 1 is 0.911 bits per heavy atom. The number of aliphatic hydroxyl groups is 3. The topological polar surface area (TPSA) is 79.2 Å². The highest BCUT2D eigenvalue weighted by Gasteiger charge is 2.59. The number of allylic oxidation sites excluding steroid dienone is 1. The number of hydrogen-bond acceptors (Lipinski definition) is 5. The summed E-state index contributed by atoms with van der Waals surface area (Å²) in [5.74, 6) is 4.97. The van der Waals surface area contributed by atoms with E-state index in [-0.39, 0.29) is 11.5 Å². The number of likely N-dealkylation sites (tertiary alicyclic amines) is 1. The lowest BCUT2D eigenvalue weighted by Gasteiger charge is -2.58. The molecule has 0 aromatic heterocycles. The highest BCUT2D eigenvalue weighted by Crippen LogP contribution is 2.67. The molecule has 2 saturated heterocycles. The number of rotatable bonds is 9. The maximum Gasteiger partial charge on any atom is 0.187 e. The molecule has 3 N–H and O–H groups in total. The smallest absolute Gasteiger partial charge is 0.187 e. The number of likely N-dealkylation sites (N-methyl/N-ethyl adjacent to an activating group) is 1. The van der Waals surface area contributed by atoms with Gasteiger partial charge in [0.05, 0.1) is 26.2 Å². The summed E-state index contributed by atoms with van der Waals surface area (Å²) in [6.45, 7) is 15.3. The number of nitrogens with zero attached hydrogens (tertiary/aromatic N) is 1. The minimum Gasteiger partial charge on any atom is -0.387 e. The first-order valence-corrected chi connectivity index (χ1v) is 19.2. The fourth-order valence-electron chi connectivity index (χ4n) is 12.0. The van der Waals surface area contributed by atoms with Crippen LogP contribution >= 0.6 is 0 Å². The molecule has 6 nitrogen and oxygen atoms in total. The largest absolute Gasteiger partial charge is 0.387 e. The Morgan fingerprint density at radius 2 is 1.67 bits per heavy atom. The molecular formula is C39H68NO5+. The summed E-state index contributed by atoms with van der Waals surface area (Å²) in [6.07, 6.45) is 15.1. The average Bonchev–Trinajstić information content (AvgIpc) is 3.36. The lowest BCUT2D eigenvalue weighted by atomic mass is 9.47. The molecule has 6 heteroatoms. The molecular weight excluding hydrogens is 562 g/mol. The molecule has 0 bridgehead atoms. The molecule has 2 aliphatic heterocycles. The summed E-state index contributed by atoms with van der Waals surface area (Å²) < 4.78 is 13.7. The number of quaternary nitrogens is 1. The predicted molar refractivity (Wildman–Crippen MR) is 179 cm³/mol. The molecule has 2 heterocycles. The van der Waals surface area contributed by atoms with Gasteiger partial charge in [-0.2, -0.15) is 0 Å². The van der Waals surface area contributed by atoms with Gasteiger partial charge in [-0.15, -0.1) is 0 Å². The summed E-state index contributed by atoms with van der Waals surface area (Å²) in [7, 11) is 2.22. The van der Waals surface area contributed by atoms with Crippen molar-refractivity contribution in [2.75, 3.05) is 26.7 Å². The van der Waals surface area contributed by atoms with Crippen LogP contribution in [0.5, 0.6) is 0 Å². The van der Waals surface area contributed by atoms with E-state index in [1.54, 1.807) is 5.57 Å². The second-order valence-corrected chi connectivity index (χ2v) is 18.1. The van der Waals surface area contributed by atoms with Crippen LogP contribution in [0.15, 0.2) is 11.6 Å². The zero-order valence-corrected chi connectivity index (χ0v) is 29.6. The molecule has 258 valence electrons. The van der Waals surface area contributed by atoms with Gasteiger partial charge in [-0.05, 0) is 117 Å². The van der Waals surface area contributed by atoms with Gasteiger partial charge in [0.25, 0.3) is 0 Å². The van der Waals surface area contributed by atoms with Crippen LogP contribution in [0.2, 0.25) is 0 Å². The summed E-state index contributed by atoms with van der Waals surface area (Å²) in [5.41, 5.74) is 2.31. The Morgan fingerprint density at radius 3 is 2.40 bits per heavy atom. The molecule has 0 aromatic rings. The minimum absolute atomic E-state index is 0.0280.